The number of halogens is 1. The topological polar surface area (TPSA) is 29.9 Å². The average Bonchev–Trinajstić information content (AvgIpc) is 3.07. The lowest BCUT2D eigenvalue weighted by atomic mass is 9.70. The second kappa shape index (κ2) is 5.45. The lowest BCUT2D eigenvalue weighted by molar-refractivity contribution is 0.154. The summed E-state index contributed by atoms with van der Waals surface area (Å²) >= 11 is 3.75. The predicted molar refractivity (Wildman–Crippen MR) is 85.8 cm³/mol. The smallest absolute Gasteiger partial charge is 0.0738 e. The summed E-state index contributed by atoms with van der Waals surface area (Å²) in [5.41, 5.74) is 2.96. The second-order valence-corrected chi connectivity index (χ2v) is 7.66. The maximum Gasteiger partial charge on any atom is 0.0738 e. The Bertz CT molecular complexity index is 496. The van der Waals surface area contributed by atoms with Crippen molar-refractivity contribution in [2.75, 3.05) is 13.1 Å². The normalized spacial score (nSPS) is 32.2. The van der Waals surface area contributed by atoms with E-state index in [9.17, 15) is 0 Å². The van der Waals surface area contributed by atoms with Crippen LogP contribution in [0.4, 0.5) is 0 Å². The van der Waals surface area contributed by atoms with Crippen LogP contribution in [-0.2, 0) is 13.5 Å². The van der Waals surface area contributed by atoms with Crippen molar-refractivity contribution in [1.82, 2.24) is 15.1 Å². The molecule has 1 aromatic heterocycles. The molecule has 2 bridgehead atoms. The van der Waals surface area contributed by atoms with Crippen molar-refractivity contribution in [3.05, 3.63) is 15.9 Å². The summed E-state index contributed by atoms with van der Waals surface area (Å²) in [5, 5.41) is 8.21. The van der Waals surface area contributed by atoms with E-state index in [1.807, 2.05) is 0 Å². The Labute approximate surface area is 130 Å². The van der Waals surface area contributed by atoms with Gasteiger partial charge in [-0.3, -0.25) is 4.68 Å². The summed E-state index contributed by atoms with van der Waals surface area (Å²) in [6, 6.07) is 0. The first-order valence-corrected chi connectivity index (χ1v) is 8.73. The number of hydrogen-bond acceptors (Lipinski definition) is 2. The number of hydrogen-bond donors (Lipinski definition) is 1. The highest BCUT2D eigenvalue weighted by Crippen LogP contribution is 2.57. The van der Waals surface area contributed by atoms with Crippen molar-refractivity contribution in [1.29, 1.82) is 0 Å². The van der Waals surface area contributed by atoms with Crippen LogP contribution >= 0.6 is 15.9 Å². The summed E-state index contributed by atoms with van der Waals surface area (Å²) in [6.07, 6.45) is 6.93. The van der Waals surface area contributed by atoms with Crippen molar-refractivity contribution in [2.45, 2.75) is 46.0 Å². The molecule has 1 heterocycles. The molecule has 0 aromatic carbocycles. The van der Waals surface area contributed by atoms with Crippen LogP contribution < -0.4 is 5.32 Å². The van der Waals surface area contributed by atoms with E-state index in [-0.39, 0.29) is 0 Å². The predicted octanol–water partition coefficient (Wildman–Crippen LogP) is 3.45. The summed E-state index contributed by atoms with van der Waals surface area (Å²) in [4.78, 5) is 0. The second-order valence-electron chi connectivity index (χ2n) is 6.87. The monoisotopic (exact) mass is 339 g/mol. The Balaban J connectivity index is 1.87. The first-order chi connectivity index (χ1) is 9.55. The van der Waals surface area contributed by atoms with E-state index in [4.69, 9.17) is 0 Å². The van der Waals surface area contributed by atoms with Gasteiger partial charge in [0, 0.05) is 13.6 Å². The van der Waals surface area contributed by atoms with Crippen LogP contribution in [0.25, 0.3) is 0 Å². The van der Waals surface area contributed by atoms with E-state index >= 15 is 0 Å². The molecule has 4 heteroatoms. The highest BCUT2D eigenvalue weighted by Gasteiger charge is 2.50. The van der Waals surface area contributed by atoms with Crippen molar-refractivity contribution in [3.63, 3.8) is 0 Å². The number of rotatable bonds is 5. The van der Waals surface area contributed by atoms with Crippen molar-refractivity contribution < 1.29 is 0 Å². The molecule has 0 aliphatic heterocycles. The van der Waals surface area contributed by atoms with Gasteiger partial charge in [-0.05, 0) is 72.3 Å². The molecular weight excluding hydrogens is 314 g/mol. The number of nitrogens with one attached hydrogen (secondary N) is 1. The first-order valence-electron chi connectivity index (χ1n) is 7.94. The summed E-state index contributed by atoms with van der Waals surface area (Å²) in [6.45, 7) is 6.54. The third-order valence-corrected chi connectivity index (χ3v) is 6.64. The lowest BCUT2D eigenvalue weighted by Gasteiger charge is -2.38. The Morgan fingerprint density at radius 1 is 1.45 bits per heavy atom. The Morgan fingerprint density at radius 3 is 2.75 bits per heavy atom. The van der Waals surface area contributed by atoms with Gasteiger partial charge in [-0.1, -0.05) is 13.3 Å². The molecule has 2 aliphatic carbocycles. The number of fused-ring (bicyclic) bond motifs is 2. The zero-order chi connectivity index (χ0) is 14.3. The molecule has 0 saturated heterocycles. The zero-order valence-corrected chi connectivity index (χ0v) is 14.5. The number of aryl methyl sites for hydroxylation is 2. The molecule has 3 unspecified atom stereocenters. The highest BCUT2D eigenvalue weighted by atomic mass is 79.9. The minimum Gasteiger partial charge on any atom is -0.316 e. The molecule has 0 spiro atoms. The molecule has 1 N–H and O–H groups in total. The summed E-state index contributed by atoms with van der Waals surface area (Å²) in [5.74, 6) is 1.89. The van der Waals surface area contributed by atoms with Gasteiger partial charge in [-0.25, -0.2) is 0 Å². The minimum absolute atomic E-state index is 0.460. The SMILES string of the molecule is CCNCC1(Cc2c(Br)c(C)nn2C)CC2CCC1C2. The summed E-state index contributed by atoms with van der Waals surface area (Å²) < 4.78 is 3.30. The van der Waals surface area contributed by atoms with E-state index in [1.165, 1.54) is 48.8 Å². The zero-order valence-electron chi connectivity index (χ0n) is 12.9. The fourth-order valence-electron chi connectivity index (χ4n) is 4.63. The molecule has 3 nitrogen and oxygen atoms in total. The van der Waals surface area contributed by atoms with Gasteiger partial charge in [0.25, 0.3) is 0 Å². The van der Waals surface area contributed by atoms with Crippen LogP contribution in [0.1, 0.15) is 44.0 Å². The quantitative estimate of drug-likeness (QED) is 0.890. The van der Waals surface area contributed by atoms with Gasteiger partial charge in [-0.2, -0.15) is 5.10 Å². The molecule has 0 radical (unpaired) electrons. The molecule has 2 aliphatic rings. The van der Waals surface area contributed by atoms with Gasteiger partial charge in [0.2, 0.25) is 0 Å². The van der Waals surface area contributed by atoms with E-state index in [1.54, 1.807) is 0 Å². The fourth-order valence-corrected chi connectivity index (χ4v) is 5.11. The molecule has 3 atom stereocenters. The van der Waals surface area contributed by atoms with Crippen LogP contribution in [0.15, 0.2) is 4.47 Å². The summed E-state index contributed by atoms with van der Waals surface area (Å²) in [7, 11) is 2.08. The molecule has 20 heavy (non-hydrogen) atoms. The third kappa shape index (κ3) is 2.35. The average molecular weight is 340 g/mol. The van der Waals surface area contributed by atoms with Gasteiger partial charge in [0.15, 0.2) is 0 Å². The fraction of sp³-hybridized carbons (Fsp3) is 0.812. The molecule has 112 valence electrons. The standard InChI is InChI=1S/C16H26BrN3/c1-4-18-10-16(8-12-5-6-13(16)7-12)9-14-15(17)11(2)19-20(14)3/h12-13,18H,4-10H2,1-3H3. The Hall–Kier alpha value is -0.350. The minimum atomic E-state index is 0.460. The number of aromatic nitrogens is 2. The largest absolute Gasteiger partial charge is 0.316 e. The van der Waals surface area contributed by atoms with E-state index < -0.39 is 0 Å². The van der Waals surface area contributed by atoms with Gasteiger partial charge in [0.05, 0.1) is 15.9 Å². The molecule has 1 aromatic rings. The van der Waals surface area contributed by atoms with E-state index in [2.05, 4.69) is 51.9 Å². The van der Waals surface area contributed by atoms with Crippen LogP contribution in [-0.4, -0.2) is 22.9 Å². The van der Waals surface area contributed by atoms with E-state index in [0.717, 1.165) is 24.1 Å². The Morgan fingerprint density at radius 2 is 2.25 bits per heavy atom. The van der Waals surface area contributed by atoms with Crippen LogP contribution in [0.3, 0.4) is 0 Å². The van der Waals surface area contributed by atoms with Crippen molar-refractivity contribution >= 4 is 15.9 Å². The molecule has 0 amide bonds. The van der Waals surface area contributed by atoms with Crippen LogP contribution in [0, 0.1) is 24.2 Å². The van der Waals surface area contributed by atoms with Gasteiger partial charge < -0.3 is 5.32 Å². The lowest BCUT2D eigenvalue weighted by Crippen LogP contribution is -2.41. The molecule has 2 saturated carbocycles. The number of nitrogens with zero attached hydrogens (tertiary/aromatic N) is 2. The van der Waals surface area contributed by atoms with Crippen LogP contribution in [0.2, 0.25) is 0 Å². The maximum absolute atomic E-state index is 4.58. The van der Waals surface area contributed by atoms with Crippen molar-refractivity contribution in [3.8, 4) is 0 Å². The van der Waals surface area contributed by atoms with E-state index in [0.29, 0.717) is 5.41 Å². The van der Waals surface area contributed by atoms with Crippen LogP contribution in [0.5, 0.6) is 0 Å². The first kappa shape index (κ1) is 14.6. The van der Waals surface area contributed by atoms with Gasteiger partial charge in [-0.15, -0.1) is 0 Å². The van der Waals surface area contributed by atoms with Crippen molar-refractivity contribution in [2.24, 2.45) is 24.3 Å². The highest BCUT2D eigenvalue weighted by molar-refractivity contribution is 9.10. The third-order valence-electron chi connectivity index (χ3n) is 5.61. The maximum atomic E-state index is 4.58. The Kier molecular flexibility index (Phi) is 3.97. The molecule has 3 rings (SSSR count). The van der Waals surface area contributed by atoms with Gasteiger partial charge in [0.1, 0.15) is 0 Å². The molecular formula is C16H26BrN3. The molecule has 2 fully saturated rings. The van der Waals surface area contributed by atoms with Gasteiger partial charge >= 0.3 is 0 Å².